The van der Waals surface area contributed by atoms with E-state index in [1.807, 2.05) is 26.0 Å². The molecule has 0 aliphatic rings. The van der Waals surface area contributed by atoms with Crippen molar-refractivity contribution in [1.29, 1.82) is 10.5 Å². The average molecular weight is 230 g/mol. The number of nitrogens with zero attached hydrogens (tertiary/aromatic N) is 2. The van der Waals surface area contributed by atoms with E-state index >= 15 is 0 Å². The summed E-state index contributed by atoms with van der Waals surface area (Å²) in [5.41, 5.74) is 1.10. The standard InChI is InChI=1S/C13H14N2O2/c1-9(2)17-13-6-10(4-5-14)11(8-15)7-12(13)16-3/h6-7,9H,4H2,1-3H3. The fraction of sp³-hybridized carbons (Fsp3) is 0.385. The van der Waals surface area contributed by atoms with Crippen molar-refractivity contribution in [2.24, 2.45) is 0 Å². The van der Waals surface area contributed by atoms with Gasteiger partial charge in [-0.25, -0.2) is 0 Å². The highest BCUT2D eigenvalue weighted by molar-refractivity contribution is 5.52. The van der Waals surface area contributed by atoms with Gasteiger partial charge in [0.25, 0.3) is 0 Å². The van der Waals surface area contributed by atoms with Crippen molar-refractivity contribution in [1.82, 2.24) is 0 Å². The van der Waals surface area contributed by atoms with E-state index in [-0.39, 0.29) is 12.5 Å². The van der Waals surface area contributed by atoms with E-state index < -0.39 is 0 Å². The number of benzene rings is 1. The van der Waals surface area contributed by atoms with Gasteiger partial charge in [0.1, 0.15) is 0 Å². The molecule has 1 aromatic rings. The molecule has 0 heterocycles. The minimum atomic E-state index is 0.00627. The van der Waals surface area contributed by atoms with E-state index in [1.54, 1.807) is 12.1 Å². The van der Waals surface area contributed by atoms with Gasteiger partial charge in [0.05, 0.1) is 37.3 Å². The summed E-state index contributed by atoms with van der Waals surface area (Å²) in [6.07, 6.45) is 0.188. The van der Waals surface area contributed by atoms with Gasteiger partial charge in [0.2, 0.25) is 0 Å². The maximum absolute atomic E-state index is 8.98. The zero-order valence-corrected chi connectivity index (χ0v) is 10.2. The molecule has 0 unspecified atom stereocenters. The number of methoxy groups -OCH3 is 1. The maximum Gasteiger partial charge on any atom is 0.162 e. The van der Waals surface area contributed by atoms with Crippen molar-refractivity contribution >= 4 is 0 Å². The Morgan fingerprint density at radius 1 is 1.24 bits per heavy atom. The molecule has 88 valence electrons. The smallest absolute Gasteiger partial charge is 0.162 e. The highest BCUT2D eigenvalue weighted by atomic mass is 16.5. The first-order valence-electron chi connectivity index (χ1n) is 5.27. The minimum absolute atomic E-state index is 0.00627. The van der Waals surface area contributed by atoms with Gasteiger partial charge in [-0.05, 0) is 25.5 Å². The van der Waals surface area contributed by atoms with Crippen LogP contribution in [-0.4, -0.2) is 13.2 Å². The molecule has 4 heteroatoms. The average Bonchev–Trinajstić information content (AvgIpc) is 2.29. The van der Waals surface area contributed by atoms with E-state index in [0.29, 0.717) is 22.6 Å². The zero-order chi connectivity index (χ0) is 12.8. The van der Waals surface area contributed by atoms with Gasteiger partial charge in [0.15, 0.2) is 11.5 Å². The number of rotatable bonds is 4. The Hall–Kier alpha value is -2.20. The van der Waals surface area contributed by atoms with E-state index in [4.69, 9.17) is 20.0 Å². The Morgan fingerprint density at radius 3 is 2.41 bits per heavy atom. The second-order valence-corrected chi connectivity index (χ2v) is 3.77. The van der Waals surface area contributed by atoms with Crippen LogP contribution in [0.1, 0.15) is 25.0 Å². The number of hydrogen-bond donors (Lipinski definition) is 0. The van der Waals surface area contributed by atoms with Crippen LogP contribution in [0.3, 0.4) is 0 Å². The predicted molar refractivity (Wildman–Crippen MR) is 62.8 cm³/mol. The topological polar surface area (TPSA) is 66.0 Å². The molecular formula is C13H14N2O2. The molecule has 0 radical (unpaired) electrons. The van der Waals surface area contributed by atoms with E-state index in [9.17, 15) is 0 Å². The third kappa shape index (κ3) is 3.12. The lowest BCUT2D eigenvalue weighted by molar-refractivity contribution is 0.230. The monoisotopic (exact) mass is 230 g/mol. The molecule has 0 aliphatic heterocycles. The third-order valence-corrected chi connectivity index (χ3v) is 2.14. The van der Waals surface area contributed by atoms with Crippen LogP contribution in [0.5, 0.6) is 11.5 Å². The summed E-state index contributed by atoms with van der Waals surface area (Å²) in [6, 6.07) is 7.37. The molecule has 1 rings (SSSR count). The van der Waals surface area contributed by atoms with Gasteiger partial charge in [-0.15, -0.1) is 0 Å². The quantitative estimate of drug-likeness (QED) is 0.796. The molecule has 0 aromatic heterocycles. The molecular weight excluding hydrogens is 216 g/mol. The van der Waals surface area contributed by atoms with Gasteiger partial charge in [0, 0.05) is 6.07 Å². The van der Waals surface area contributed by atoms with Gasteiger partial charge in [-0.2, -0.15) is 10.5 Å². The van der Waals surface area contributed by atoms with E-state index in [2.05, 4.69) is 0 Å². The fourth-order valence-electron chi connectivity index (χ4n) is 1.44. The predicted octanol–water partition coefficient (Wildman–Crippen LogP) is 2.42. The molecule has 0 aliphatic carbocycles. The Balaban J connectivity index is 3.25. The molecule has 0 saturated heterocycles. The van der Waals surface area contributed by atoms with Crippen LogP contribution >= 0.6 is 0 Å². The van der Waals surface area contributed by atoms with Crippen LogP contribution in [0.4, 0.5) is 0 Å². The summed E-state index contributed by atoms with van der Waals surface area (Å²) in [6.45, 7) is 3.81. The lowest BCUT2D eigenvalue weighted by Crippen LogP contribution is -2.07. The molecule has 0 spiro atoms. The molecule has 0 fully saturated rings. The minimum Gasteiger partial charge on any atom is -0.493 e. The Kier molecular flexibility index (Phi) is 4.37. The van der Waals surface area contributed by atoms with Gasteiger partial charge >= 0.3 is 0 Å². The highest BCUT2D eigenvalue weighted by Crippen LogP contribution is 2.31. The van der Waals surface area contributed by atoms with Crippen molar-refractivity contribution in [2.75, 3.05) is 7.11 Å². The normalized spacial score (nSPS) is 9.53. The summed E-state index contributed by atoms with van der Waals surface area (Å²) >= 11 is 0. The van der Waals surface area contributed by atoms with Crippen LogP contribution in [0, 0.1) is 22.7 Å². The molecule has 0 amide bonds. The number of nitriles is 2. The Bertz CT molecular complexity index is 481. The second kappa shape index (κ2) is 5.77. The second-order valence-electron chi connectivity index (χ2n) is 3.77. The van der Waals surface area contributed by atoms with Gasteiger partial charge < -0.3 is 9.47 Å². The maximum atomic E-state index is 8.98. The zero-order valence-electron chi connectivity index (χ0n) is 10.2. The van der Waals surface area contributed by atoms with Gasteiger partial charge in [-0.3, -0.25) is 0 Å². The summed E-state index contributed by atoms with van der Waals surface area (Å²) in [7, 11) is 1.52. The van der Waals surface area contributed by atoms with Crippen molar-refractivity contribution < 1.29 is 9.47 Å². The number of hydrogen-bond acceptors (Lipinski definition) is 4. The van der Waals surface area contributed by atoms with Crippen LogP contribution in [0.15, 0.2) is 12.1 Å². The van der Waals surface area contributed by atoms with E-state index in [0.717, 1.165) is 0 Å². The third-order valence-electron chi connectivity index (χ3n) is 2.14. The molecule has 0 atom stereocenters. The van der Waals surface area contributed by atoms with Crippen molar-refractivity contribution in [3.8, 4) is 23.6 Å². The Morgan fingerprint density at radius 2 is 1.94 bits per heavy atom. The first-order chi connectivity index (χ1) is 8.12. The summed E-state index contributed by atoms with van der Waals surface area (Å²) in [5, 5.41) is 17.7. The molecule has 4 nitrogen and oxygen atoms in total. The molecule has 0 N–H and O–H groups in total. The lowest BCUT2D eigenvalue weighted by atomic mass is 10.0. The lowest BCUT2D eigenvalue weighted by Gasteiger charge is -2.15. The number of ether oxygens (including phenoxy) is 2. The fourth-order valence-corrected chi connectivity index (χ4v) is 1.44. The first kappa shape index (κ1) is 12.9. The van der Waals surface area contributed by atoms with Crippen LogP contribution in [0.25, 0.3) is 0 Å². The molecule has 1 aromatic carbocycles. The first-order valence-corrected chi connectivity index (χ1v) is 5.27. The van der Waals surface area contributed by atoms with Crippen molar-refractivity contribution in [3.05, 3.63) is 23.3 Å². The SMILES string of the molecule is COc1cc(C#N)c(CC#N)cc1OC(C)C. The largest absolute Gasteiger partial charge is 0.493 e. The van der Waals surface area contributed by atoms with Crippen LogP contribution in [0.2, 0.25) is 0 Å². The molecule has 0 bridgehead atoms. The van der Waals surface area contributed by atoms with Gasteiger partial charge in [-0.1, -0.05) is 0 Å². The summed E-state index contributed by atoms with van der Waals surface area (Å²) < 4.78 is 10.7. The molecule has 17 heavy (non-hydrogen) atoms. The van der Waals surface area contributed by atoms with E-state index in [1.165, 1.54) is 7.11 Å². The highest BCUT2D eigenvalue weighted by Gasteiger charge is 2.12. The van der Waals surface area contributed by atoms with Crippen molar-refractivity contribution in [3.63, 3.8) is 0 Å². The summed E-state index contributed by atoms with van der Waals surface area (Å²) in [4.78, 5) is 0. The van der Waals surface area contributed by atoms with Crippen LogP contribution < -0.4 is 9.47 Å². The molecule has 0 saturated carbocycles. The summed E-state index contributed by atoms with van der Waals surface area (Å²) in [5.74, 6) is 1.07. The van der Waals surface area contributed by atoms with Crippen LogP contribution in [-0.2, 0) is 6.42 Å². The van der Waals surface area contributed by atoms with Crippen molar-refractivity contribution in [2.45, 2.75) is 26.4 Å². The Labute approximate surface area is 101 Å².